The van der Waals surface area contributed by atoms with Gasteiger partial charge in [-0.15, -0.1) is 0 Å². The number of amides is 1. The monoisotopic (exact) mass is 343 g/mol. The van der Waals surface area contributed by atoms with E-state index in [1.54, 1.807) is 30.3 Å². The van der Waals surface area contributed by atoms with Crippen LogP contribution in [0.15, 0.2) is 30.3 Å². The molecule has 0 radical (unpaired) electrons. The van der Waals surface area contributed by atoms with Gasteiger partial charge in [-0.3, -0.25) is 4.79 Å². The lowest BCUT2D eigenvalue weighted by Crippen LogP contribution is -2.39. The predicted molar refractivity (Wildman–Crippen MR) is 62.3 cm³/mol. The molecule has 0 fully saturated rings. The average Bonchev–Trinajstić information content (AvgIpc) is 2.25. The summed E-state index contributed by atoms with van der Waals surface area (Å²) >= 11 is 1.93. The van der Waals surface area contributed by atoms with E-state index in [1.807, 2.05) is 27.9 Å². The largest absolute Gasteiger partial charge is 0.471 e. The van der Waals surface area contributed by atoms with Crippen LogP contribution in [-0.4, -0.2) is 16.5 Å². The Morgan fingerprint density at radius 3 is 2.31 bits per heavy atom. The molecular weight excluding hydrogens is 334 g/mol. The summed E-state index contributed by atoms with van der Waals surface area (Å²) < 4.78 is 36.5. The highest BCUT2D eigenvalue weighted by molar-refractivity contribution is 14.1. The molecule has 1 aromatic carbocycles. The molecule has 16 heavy (non-hydrogen) atoms. The zero-order valence-electron chi connectivity index (χ0n) is 8.09. The van der Waals surface area contributed by atoms with Gasteiger partial charge in [-0.1, -0.05) is 52.9 Å². The Kier molecular flexibility index (Phi) is 4.57. The van der Waals surface area contributed by atoms with Crippen molar-refractivity contribution in [1.29, 1.82) is 0 Å². The molecular formula is C10H9F3INO. The highest BCUT2D eigenvalue weighted by atomic mass is 127. The summed E-state index contributed by atoms with van der Waals surface area (Å²) in [5.41, 5.74) is 0.662. The number of hydrogen-bond donors (Lipinski definition) is 1. The second-order valence-electron chi connectivity index (χ2n) is 3.09. The number of benzene rings is 1. The van der Waals surface area contributed by atoms with Crippen LogP contribution in [0.1, 0.15) is 11.6 Å². The van der Waals surface area contributed by atoms with Gasteiger partial charge in [0, 0.05) is 4.43 Å². The number of alkyl halides is 4. The molecule has 0 aliphatic heterocycles. The van der Waals surface area contributed by atoms with E-state index < -0.39 is 18.1 Å². The second-order valence-corrected chi connectivity index (χ2v) is 3.97. The number of halogens is 4. The van der Waals surface area contributed by atoms with Gasteiger partial charge < -0.3 is 5.32 Å². The van der Waals surface area contributed by atoms with Gasteiger partial charge in [-0.2, -0.15) is 13.2 Å². The van der Waals surface area contributed by atoms with Gasteiger partial charge in [0.05, 0.1) is 6.04 Å². The minimum Gasteiger partial charge on any atom is -0.341 e. The van der Waals surface area contributed by atoms with Gasteiger partial charge in [-0.05, 0) is 5.56 Å². The predicted octanol–water partition coefficient (Wildman–Crippen LogP) is 2.84. The Hall–Kier alpha value is -0.790. The summed E-state index contributed by atoms with van der Waals surface area (Å²) in [6.07, 6.45) is -4.83. The number of carbonyl (C=O) groups excluding carboxylic acids is 1. The van der Waals surface area contributed by atoms with Gasteiger partial charge in [0.15, 0.2) is 0 Å². The maximum absolute atomic E-state index is 12.0. The van der Waals surface area contributed by atoms with Crippen molar-refractivity contribution >= 4 is 28.5 Å². The average molecular weight is 343 g/mol. The van der Waals surface area contributed by atoms with E-state index in [0.29, 0.717) is 9.99 Å². The molecule has 1 amide bonds. The van der Waals surface area contributed by atoms with Crippen LogP contribution in [0.2, 0.25) is 0 Å². The smallest absolute Gasteiger partial charge is 0.341 e. The molecule has 0 saturated heterocycles. The Bertz CT molecular complexity index is 353. The molecule has 0 bridgehead atoms. The molecule has 6 heteroatoms. The Morgan fingerprint density at radius 1 is 1.31 bits per heavy atom. The zero-order valence-corrected chi connectivity index (χ0v) is 10.2. The lowest BCUT2D eigenvalue weighted by Gasteiger charge is -2.17. The summed E-state index contributed by atoms with van der Waals surface area (Å²) in [5.74, 6) is -1.90. The Morgan fingerprint density at radius 2 is 1.88 bits per heavy atom. The summed E-state index contributed by atoms with van der Waals surface area (Å²) in [6.45, 7) is 0. The lowest BCUT2D eigenvalue weighted by molar-refractivity contribution is -0.174. The van der Waals surface area contributed by atoms with E-state index in [-0.39, 0.29) is 0 Å². The van der Waals surface area contributed by atoms with Crippen LogP contribution >= 0.6 is 22.6 Å². The third kappa shape index (κ3) is 3.66. The van der Waals surface area contributed by atoms with Crippen molar-refractivity contribution in [3.63, 3.8) is 0 Å². The summed E-state index contributed by atoms with van der Waals surface area (Å²) in [5, 5.41) is 1.95. The van der Waals surface area contributed by atoms with Crippen LogP contribution in [0.3, 0.4) is 0 Å². The maximum Gasteiger partial charge on any atom is 0.471 e. The van der Waals surface area contributed by atoms with Gasteiger partial charge in [0.1, 0.15) is 0 Å². The van der Waals surface area contributed by atoms with Crippen LogP contribution in [-0.2, 0) is 4.79 Å². The molecule has 1 N–H and O–H groups in total. The highest BCUT2D eigenvalue weighted by Gasteiger charge is 2.39. The fraction of sp³-hybridized carbons (Fsp3) is 0.300. The normalized spacial score (nSPS) is 13.2. The van der Waals surface area contributed by atoms with Crippen LogP contribution < -0.4 is 5.32 Å². The van der Waals surface area contributed by atoms with Crippen molar-refractivity contribution in [2.24, 2.45) is 0 Å². The third-order valence-electron chi connectivity index (χ3n) is 1.92. The van der Waals surface area contributed by atoms with Gasteiger partial charge >= 0.3 is 12.1 Å². The highest BCUT2D eigenvalue weighted by Crippen LogP contribution is 2.20. The molecule has 0 aliphatic rings. The molecule has 88 valence electrons. The first-order valence-electron chi connectivity index (χ1n) is 4.43. The van der Waals surface area contributed by atoms with Crippen LogP contribution in [0.5, 0.6) is 0 Å². The Balaban J connectivity index is 2.75. The van der Waals surface area contributed by atoms with Crippen molar-refractivity contribution in [3.8, 4) is 0 Å². The summed E-state index contributed by atoms with van der Waals surface area (Å²) in [6, 6.07) is 7.94. The van der Waals surface area contributed by atoms with Gasteiger partial charge in [0.2, 0.25) is 0 Å². The summed E-state index contributed by atoms with van der Waals surface area (Å²) in [7, 11) is 0. The number of carbonyl (C=O) groups is 1. The van der Waals surface area contributed by atoms with Crippen molar-refractivity contribution < 1.29 is 18.0 Å². The first kappa shape index (κ1) is 13.3. The molecule has 0 aliphatic carbocycles. The molecule has 2 nitrogen and oxygen atoms in total. The molecule has 1 unspecified atom stereocenters. The second kappa shape index (κ2) is 5.51. The van der Waals surface area contributed by atoms with Crippen LogP contribution in [0.4, 0.5) is 13.2 Å². The molecule has 0 aromatic heterocycles. The first-order valence-corrected chi connectivity index (χ1v) is 5.96. The molecule has 0 heterocycles. The van der Waals surface area contributed by atoms with E-state index in [0.717, 1.165) is 0 Å². The van der Waals surface area contributed by atoms with E-state index in [1.165, 1.54) is 0 Å². The summed E-state index contributed by atoms with van der Waals surface area (Å²) in [4.78, 5) is 10.8. The zero-order chi connectivity index (χ0) is 12.2. The van der Waals surface area contributed by atoms with Crippen molar-refractivity contribution in [2.45, 2.75) is 12.2 Å². The van der Waals surface area contributed by atoms with Crippen LogP contribution in [0.25, 0.3) is 0 Å². The molecule has 1 atom stereocenters. The van der Waals surface area contributed by atoms with Crippen molar-refractivity contribution in [1.82, 2.24) is 5.32 Å². The maximum atomic E-state index is 12.0. The van der Waals surface area contributed by atoms with Gasteiger partial charge in [0.25, 0.3) is 0 Å². The van der Waals surface area contributed by atoms with Crippen molar-refractivity contribution in [2.75, 3.05) is 4.43 Å². The fourth-order valence-electron chi connectivity index (χ4n) is 1.14. The SMILES string of the molecule is O=C(NC(CI)c1ccccc1)C(F)(F)F. The topological polar surface area (TPSA) is 29.1 Å². The number of nitrogens with one attached hydrogen (secondary N) is 1. The first-order chi connectivity index (χ1) is 7.45. The molecule has 0 saturated carbocycles. The molecule has 0 spiro atoms. The van der Waals surface area contributed by atoms with E-state index in [4.69, 9.17) is 0 Å². The van der Waals surface area contributed by atoms with Gasteiger partial charge in [-0.25, -0.2) is 0 Å². The molecule has 1 rings (SSSR count). The standard InChI is InChI=1S/C10H9F3INO/c11-10(12,13)9(16)15-8(6-14)7-4-2-1-3-5-7/h1-5,8H,6H2,(H,15,16). The Labute approximate surface area is 104 Å². The quantitative estimate of drug-likeness (QED) is 0.664. The number of rotatable bonds is 3. The van der Waals surface area contributed by atoms with E-state index >= 15 is 0 Å². The van der Waals surface area contributed by atoms with E-state index in [9.17, 15) is 18.0 Å². The minimum absolute atomic E-state index is 0.379. The van der Waals surface area contributed by atoms with E-state index in [2.05, 4.69) is 0 Å². The van der Waals surface area contributed by atoms with Crippen LogP contribution in [0, 0.1) is 0 Å². The lowest BCUT2D eigenvalue weighted by atomic mass is 10.1. The molecule has 1 aromatic rings. The fourth-order valence-corrected chi connectivity index (χ4v) is 1.87. The van der Waals surface area contributed by atoms with Crippen molar-refractivity contribution in [3.05, 3.63) is 35.9 Å². The minimum atomic E-state index is -4.83. The third-order valence-corrected chi connectivity index (χ3v) is 2.80. The number of hydrogen-bond acceptors (Lipinski definition) is 1.